The molecule has 5 N–H and O–H groups in total. The van der Waals surface area contributed by atoms with Gasteiger partial charge in [-0.2, -0.15) is 0 Å². The Balaban J connectivity index is 3.01. The highest BCUT2D eigenvalue weighted by Gasteiger charge is 2.52. The number of carboxylic acid groups (broad SMARTS) is 1. The second kappa shape index (κ2) is 3.93. The topological polar surface area (TPSA) is 113 Å². The second-order valence-electron chi connectivity index (χ2n) is 3.51. The van der Waals surface area contributed by atoms with Crippen molar-refractivity contribution in [1.82, 2.24) is 5.43 Å². The third-order valence-electron chi connectivity index (χ3n) is 2.79. The molecule has 0 heterocycles. The Kier molecular flexibility index (Phi) is 3.07. The van der Waals surface area contributed by atoms with E-state index in [4.69, 9.17) is 10.9 Å². The minimum Gasteiger partial charge on any atom is -0.480 e. The molecule has 1 fully saturated rings. The molecule has 0 bridgehead atoms. The summed E-state index contributed by atoms with van der Waals surface area (Å²) in [5.74, 6) is 2.78. The smallest absolute Gasteiger partial charge is 0.321 e. The molecule has 0 aromatic heterocycles. The van der Waals surface area contributed by atoms with E-state index in [1.807, 2.05) is 5.43 Å². The highest BCUT2D eigenvalue weighted by atomic mass is 16.4. The molecule has 1 aliphatic carbocycles. The maximum Gasteiger partial charge on any atom is 0.321 e. The number of aliphatic hydroxyl groups excluding tert-OH is 1. The van der Waals surface area contributed by atoms with Crippen LogP contribution in [0.1, 0.15) is 25.7 Å². The molecule has 2 atom stereocenters. The van der Waals surface area contributed by atoms with E-state index in [1.54, 1.807) is 0 Å². The van der Waals surface area contributed by atoms with Crippen LogP contribution >= 0.6 is 0 Å². The fraction of sp³-hybridized carbons (Fsp3) is 0.750. The lowest BCUT2D eigenvalue weighted by Crippen LogP contribution is -2.56. The van der Waals surface area contributed by atoms with E-state index < -0.39 is 23.4 Å². The van der Waals surface area contributed by atoms with Gasteiger partial charge < -0.3 is 10.2 Å². The largest absolute Gasteiger partial charge is 0.480 e. The lowest BCUT2D eigenvalue weighted by molar-refractivity contribution is -0.167. The number of carbonyl (C=O) groups excluding carboxylic acids is 1. The molecule has 0 saturated heterocycles. The van der Waals surface area contributed by atoms with Crippen LogP contribution in [0.15, 0.2) is 0 Å². The summed E-state index contributed by atoms with van der Waals surface area (Å²) in [5, 5.41) is 18.6. The Hall–Kier alpha value is -1.14. The zero-order chi connectivity index (χ0) is 10.8. The molecule has 14 heavy (non-hydrogen) atoms. The number of hydrogen-bond acceptors (Lipinski definition) is 4. The fourth-order valence-electron chi connectivity index (χ4n) is 1.89. The average Bonchev–Trinajstić information content (AvgIpc) is 2.17. The van der Waals surface area contributed by atoms with E-state index in [2.05, 4.69) is 0 Å². The quantitative estimate of drug-likeness (QED) is 0.198. The fourth-order valence-corrected chi connectivity index (χ4v) is 1.89. The van der Waals surface area contributed by atoms with Crippen LogP contribution in [-0.2, 0) is 9.59 Å². The lowest BCUT2D eigenvalue weighted by Gasteiger charge is -2.35. The van der Waals surface area contributed by atoms with Crippen molar-refractivity contribution >= 4 is 11.9 Å². The minimum absolute atomic E-state index is 0.131. The molecule has 0 aromatic carbocycles. The van der Waals surface area contributed by atoms with Crippen LogP contribution in [0.5, 0.6) is 0 Å². The lowest BCUT2D eigenvalue weighted by atomic mass is 9.71. The van der Waals surface area contributed by atoms with Gasteiger partial charge in [0.15, 0.2) is 5.41 Å². The first-order chi connectivity index (χ1) is 6.55. The van der Waals surface area contributed by atoms with Crippen LogP contribution in [-0.4, -0.2) is 28.2 Å². The summed E-state index contributed by atoms with van der Waals surface area (Å²) in [6, 6.07) is 0. The molecule has 1 aliphatic rings. The number of amides is 1. The van der Waals surface area contributed by atoms with Crippen molar-refractivity contribution in [2.45, 2.75) is 31.8 Å². The minimum atomic E-state index is -1.76. The van der Waals surface area contributed by atoms with Gasteiger partial charge in [0, 0.05) is 0 Å². The average molecular weight is 202 g/mol. The van der Waals surface area contributed by atoms with Crippen molar-refractivity contribution in [3.63, 3.8) is 0 Å². The highest BCUT2D eigenvalue weighted by molar-refractivity contribution is 6.02. The number of hydrogen-bond donors (Lipinski definition) is 4. The van der Waals surface area contributed by atoms with Crippen molar-refractivity contribution in [2.24, 2.45) is 11.3 Å². The summed E-state index contributed by atoms with van der Waals surface area (Å²) in [7, 11) is 0. The van der Waals surface area contributed by atoms with E-state index in [9.17, 15) is 14.7 Å². The molecule has 80 valence electrons. The maximum atomic E-state index is 11.4. The summed E-state index contributed by atoms with van der Waals surface area (Å²) in [6.07, 6.45) is 0.633. The molecule has 1 saturated carbocycles. The molecule has 0 aliphatic heterocycles. The zero-order valence-electron chi connectivity index (χ0n) is 7.69. The van der Waals surface area contributed by atoms with Crippen LogP contribution in [0.3, 0.4) is 0 Å². The van der Waals surface area contributed by atoms with Gasteiger partial charge in [-0.1, -0.05) is 12.8 Å². The van der Waals surface area contributed by atoms with Crippen LogP contribution in [0.25, 0.3) is 0 Å². The highest BCUT2D eigenvalue weighted by Crippen LogP contribution is 2.37. The van der Waals surface area contributed by atoms with E-state index in [-0.39, 0.29) is 6.42 Å². The molecular weight excluding hydrogens is 188 g/mol. The van der Waals surface area contributed by atoms with Crippen LogP contribution < -0.4 is 11.3 Å². The van der Waals surface area contributed by atoms with Gasteiger partial charge >= 0.3 is 5.97 Å². The standard InChI is InChI=1S/C8H14N2O4/c9-10-6(12)8(7(13)14)4-2-1-3-5(8)11/h5,11H,1-4,9H2,(H,10,12)(H,13,14). The third kappa shape index (κ3) is 1.46. The molecule has 0 spiro atoms. The summed E-state index contributed by atoms with van der Waals surface area (Å²) in [4.78, 5) is 22.4. The first-order valence-electron chi connectivity index (χ1n) is 4.48. The van der Waals surface area contributed by atoms with Gasteiger partial charge in [-0.05, 0) is 12.8 Å². The number of aliphatic carboxylic acids is 1. The number of hydrazine groups is 1. The summed E-state index contributed by atoms with van der Waals surface area (Å²) < 4.78 is 0. The number of rotatable bonds is 2. The Labute approximate surface area is 81.1 Å². The van der Waals surface area contributed by atoms with Gasteiger partial charge in [0.1, 0.15) is 0 Å². The molecule has 1 amide bonds. The summed E-state index contributed by atoms with van der Waals surface area (Å²) in [6.45, 7) is 0. The van der Waals surface area contributed by atoms with Crippen molar-refractivity contribution in [3.05, 3.63) is 0 Å². The molecule has 1 rings (SSSR count). The Morgan fingerprint density at radius 2 is 2.07 bits per heavy atom. The van der Waals surface area contributed by atoms with Crippen LogP contribution in [0, 0.1) is 5.41 Å². The molecule has 0 aromatic rings. The van der Waals surface area contributed by atoms with Gasteiger partial charge in [-0.25, -0.2) is 5.84 Å². The van der Waals surface area contributed by atoms with Crippen molar-refractivity contribution in [3.8, 4) is 0 Å². The Morgan fingerprint density at radius 3 is 2.50 bits per heavy atom. The van der Waals surface area contributed by atoms with E-state index in [0.29, 0.717) is 12.8 Å². The van der Waals surface area contributed by atoms with Crippen LogP contribution in [0.4, 0.5) is 0 Å². The molecule has 6 heteroatoms. The van der Waals surface area contributed by atoms with Gasteiger partial charge in [0.25, 0.3) is 5.91 Å². The van der Waals surface area contributed by atoms with Crippen molar-refractivity contribution < 1.29 is 19.8 Å². The summed E-state index contributed by atoms with van der Waals surface area (Å²) in [5.41, 5.74) is 0.0506. The third-order valence-corrected chi connectivity index (χ3v) is 2.79. The van der Waals surface area contributed by atoms with Crippen molar-refractivity contribution in [1.29, 1.82) is 0 Å². The summed E-state index contributed by atoms with van der Waals surface area (Å²) >= 11 is 0. The first kappa shape index (κ1) is 10.9. The van der Waals surface area contributed by atoms with Gasteiger partial charge in [0.2, 0.25) is 0 Å². The van der Waals surface area contributed by atoms with E-state index in [1.165, 1.54) is 0 Å². The van der Waals surface area contributed by atoms with Gasteiger partial charge in [0.05, 0.1) is 6.10 Å². The normalized spacial score (nSPS) is 32.3. The number of nitrogens with two attached hydrogens (primary N) is 1. The first-order valence-corrected chi connectivity index (χ1v) is 4.48. The number of carbonyl (C=O) groups is 2. The molecule has 0 radical (unpaired) electrons. The van der Waals surface area contributed by atoms with E-state index >= 15 is 0 Å². The predicted octanol–water partition coefficient (Wildman–Crippen LogP) is -1.02. The number of carboxylic acids is 1. The molecular formula is C8H14N2O4. The SMILES string of the molecule is NNC(=O)C1(C(=O)O)CCCCC1O. The zero-order valence-corrected chi connectivity index (χ0v) is 7.69. The Bertz CT molecular complexity index is 256. The Morgan fingerprint density at radius 1 is 1.43 bits per heavy atom. The second-order valence-corrected chi connectivity index (χ2v) is 3.51. The van der Waals surface area contributed by atoms with Crippen molar-refractivity contribution in [2.75, 3.05) is 0 Å². The molecule has 6 nitrogen and oxygen atoms in total. The predicted molar refractivity (Wildman–Crippen MR) is 46.9 cm³/mol. The molecule has 2 unspecified atom stereocenters. The van der Waals surface area contributed by atoms with Gasteiger partial charge in [-0.3, -0.25) is 15.0 Å². The van der Waals surface area contributed by atoms with E-state index in [0.717, 1.165) is 6.42 Å². The number of nitrogens with one attached hydrogen (secondary N) is 1. The van der Waals surface area contributed by atoms with Crippen LogP contribution in [0.2, 0.25) is 0 Å². The number of aliphatic hydroxyl groups is 1. The maximum absolute atomic E-state index is 11.4. The van der Waals surface area contributed by atoms with Gasteiger partial charge in [-0.15, -0.1) is 0 Å². The monoisotopic (exact) mass is 202 g/mol.